The fourth-order valence-corrected chi connectivity index (χ4v) is 2.12. The summed E-state index contributed by atoms with van der Waals surface area (Å²) >= 11 is 5.79. The molecule has 0 radical (unpaired) electrons. The van der Waals surface area contributed by atoms with Crippen LogP contribution >= 0.6 is 11.6 Å². The van der Waals surface area contributed by atoms with Gasteiger partial charge in [-0.15, -0.1) is 0 Å². The van der Waals surface area contributed by atoms with Crippen LogP contribution in [0.1, 0.15) is 20.8 Å². The first-order chi connectivity index (χ1) is 8.97. The number of nitro benzene ring substituents is 1. The first-order valence-corrected chi connectivity index (χ1v) is 6.78. The molecule has 19 heavy (non-hydrogen) atoms. The number of anilines is 1. The number of nitrogens with zero attached hydrogens (tertiary/aromatic N) is 2. The van der Waals surface area contributed by atoms with Crippen LogP contribution in [-0.2, 0) is 0 Å². The number of likely N-dealkylation sites (N-methyl/N-ethyl adjacent to an activating group) is 1. The highest BCUT2D eigenvalue weighted by Gasteiger charge is 2.16. The summed E-state index contributed by atoms with van der Waals surface area (Å²) in [7, 11) is 0. The molecule has 5 nitrogen and oxygen atoms in total. The molecule has 0 fully saturated rings. The van der Waals surface area contributed by atoms with Gasteiger partial charge < -0.3 is 10.2 Å². The maximum Gasteiger partial charge on any atom is 0.293 e. The maximum atomic E-state index is 11.0. The molecule has 0 amide bonds. The van der Waals surface area contributed by atoms with Gasteiger partial charge in [-0.3, -0.25) is 10.1 Å². The van der Waals surface area contributed by atoms with E-state index in [4.69, 9.17) is 11.6 Å². The van der Waals surface area contributed by atoms with Crippen molar-refractivity contribution in [3.63, 3.8) is 0 Å². The van der Waals surface area contributed by atoms with Crippen molar-refractivity contribution in [2.75, 3.05) is 25.0 Å². The van der Waals surface area contributed by atoms with E-state index in [2.05, 4.69) is 24.1 Å². The van der Waals surface area contributed by atoms with Gasteiger partial charge in [0, 0.05) is 23.7 Å². The van der Waals surface area contributed by atoms with Crippen molar-refractivity contribution in [1.29, 1.82) is 0 Å². The van der Waals surface area contributed by atoms with Crippen molar-refractivity contribution in [1.82, 2.24) is 4.90 Å². The smallest absolute Gasteiger partial charge is 0.293 e. The number of hydrogen-bond acceptors (Lipinski definition) is 4. The minimum Gasteiger partial charge on any atom is -0.376 e. The summed E-state index contributed by atoms with van der Waals surface area (Å²) in [5.74, 6) is 0. The quantitative estimate of drug-likeness (QED) is 0.616. The average Bonchev–Trinajstić information content (AvgIpc) is 2.37. The second-order valence-electron chi connectivity index (χ2n) is 4.45. The zero-order valence-corrected chi connectivity index (χ0v) is 12.3. The van der Waals surface area contributed by atoms with E-state index in [0.29, 0.717) is 10.7 Å². The Bertz CT molecular complexity index is 436. The number of benzene rings is 1. The van der Waals surface area contributed by atoms with Crippen molar-refractivity contribution in [3.05, 3.63) is 33.3 Å². The monoisotopic (exact) mass is 285 g/mol. The Morgan fingerprint density at radius 1 is 1.42 bits per heavy atom. The molecule has 1 aromatic rings. The summed E-state index contributed by atoms with van der Waals surface area (Å²) in [6, 6.07) is 4.80. The zero-order chi connectivity index (χ0) is 14.4. The molecule has 0 saturated heterocycles. The third kappa shape index (κ3) is 4.69. The van der Waals surface area contributed by atoms with Crippen LogP contribution in [0.15, 0.2) is 18.2 Å². The molecule has 0 aliphatic carbocycles. The first-order valence-electron chi connectivity index (χ1n) is 6.40. The predicted molar refractivity (Wildman–Crippen MR) is 79.0 cm³/mol. The lowest BCUT2D eigenvalue weighted by Gasteiger charge is -2.24. The van der Waals surface area contributed by atoms with E-state index in [0.717, 1.165) is 19.6 Å². The average molecular weight is 286 g/mol. The molecule has 0 aliphatic rings. The van der Waals surface area contributed by atoms with Crippen LogP contribution < -0.4 is 5.32 Å². The van der Waals surface area contributed by atoms with Gasteiger partial charge in [0.05, 0.1) is 4.92 Å². The van der Waals surface area contributed by atoms with E-state index in [1.165, 1.54) is 6.07 Å². The van der Waals surface area contributed by atoms with Gasteiger partial charge in [-0.25, -0.2) is 0 Å². The normalized spacial score (nSPS) is 12.5. The van der Waals surface area contributed by atoms with Crippen LogP contribution in [0.2, 0.25) is 5.02 Å². The minimum atomic E-state index is -0.418. The SMILES string of the molecule is CCN(CC)CC(C)Nc1ccc(Cl)cc1[N+](=O)[O-]. The Kier molecular flexibility index (Phi) is 6.05. The molecule has 0 spiro atoms. The molecule has 0 saturated carbocycles. The van der Waals surface area contributed by atoms with Crippen LogP contribution in [0.25, 0.3) is 0 Å². The molecule has 1 rings (SSSR count). The van der Waals surface area contributed by atoms with Crippen LogP contribution in [0.3, 0.4) is 0 Å². The molecule has 6 heteroatoms. The molecule has 1 N–H and O–H groups in total. The van der Waals surface area contributed by atoms with Crippen molar-refractivity contribution < 1.29 is 4.92 Å². The van der Waals surface area contributed by atoms with E-state index < -0.39 is 4.92 Å². The lowest BCUT2D eigenvalue weighted by Crippen LogP contribution is -2.34. The van der Waals surface area contributed by atoms with Gasteiger partial charge in [0.2, 0.25) is 0 Å². The Morgan fingerprint density at radius 3 is 2.58 bits per heavy atom. The Morgan fingerprint density at radius 2 is 2.05 bits per heavy atom. The molecule has 1 aromatic carbocycles. The van der Waals surface area contributed by atoms with Gasteiger partial charge in [-0.05, 0) is 32.1 Å². The summed E-state index contributed by atoms with van der Waals surface area (Å²) in [6.45, 7) is 8.97. The molecule has 106 valence electrons. The zero-order valence-electron chi connectivity index (χ0n) is 11.5. The van der Waals surface area contributed by atoms with E-state index in [-0.39, 0.29) is 11.7 Å². The lowest BCUT2D eigenvalue weighted by atomic mass is 10.2. The van der Waals surface area contributed by atoms with Gasteiger partial charge in [0.1, 0.15) is 5.69 Å². The summed E-state index contributed by atoms with van der Waals surface area (Å²) in [4.78, 5) is 12.8. The van der Waals surface area contributed by atoms with Crippen LogP contribution in [0, 0.1) is 10.1 Å². The van der Waals surface area contributed by atoms with Crippen LogP contribution in [-0.4, -0.2) is 35.5 Å². The topological polar surface area (TPSA) is 58.4 Å². The lowest BCUT2D eigenvalue weighted by molar-refractivity contribution is -0.384. The highest BCUT2D eigenvalue weighted by Crippen LogP contribution is 2.28. The summed E-state index contributed by atoms with van der Waals surface area (Å²) in [5, 5.41) is 14.5. The Balaban J connectivity index is 2.78. The summed E-state index contributed by atoms with van der Waals surface area (Å²) in [6.07, 6.45) is 0. The molecule has 0 bridgehead atoms. The molecule has 0 aliphatic heterocycles. The first kappa shape index (κ1) is 15.7. The van der Waals surface area contributed by atoms with Crippen LogP contribution in [0.4, 0.5) is 11.4 Å². The second-order valence-corrected chi connectivity index (χ2v) is 4.89. The molecule has 1 unspecified atom stereocenters. The van der Waals surface area contributed by atoms with E-state index in [1.54, 1.807) is 12.1 Å². The number of nitro groups is 1. The second kappa shape index (κ2) is 7.31. The van der Waals surface area contributed by atoms with Crippen molar-refractivity contribution in [2.24, 2.45) is 0 Å². The van der Waals surface area contributed by atoms with Crippen LogP contribution in [0.5, 0.6) is 0 Å². The number of halogens is 1. The molecular formula is C13H20ClN3O2. The van der Waals surface area contributed by atoms with Gasteiger partial charge in [0.15, 0.2) is 0 Å². The highest BCUT2D eigenvalue weighted by atomic mass is 35.5. The van der Waals surface area contributed by atoms with E-state index >= 15 is 0 Å². The summed E-state index contributed by atoms with van der Waals surface area (Å²) < 4.78 is 0. The minimum absolute atomic E-state index is 0.0129. The number of rotatable bonds is 7. The van der Waals surface area contributed by atoms with E-state index in [9.17, 15) is 10.1 Å². The highest BCUT2D eigenvalue weighted by molar-refractivity contribution is 6.30. The van der Waals surface area contributed by atoms with Crippen molar-refractivity contribution in [3.8, 4) is 0 Å². The fraction of sp³-hybridized carbons (Fsp3) is 0.538. The molecule has 1 atom stereocenters. The Labute approximate surface area is 118 Å². The largest absolute Gasteiger partial charge is 0.376 e. The van der Waals surface area contributed by atoms with Gasteiger partial charge in [-0.2, -0.15) is 0 Å². The number of nitrogens with one attached hydrogen (secondary N) is 1. The molecule has 0 aromatic heterocycles. The Hall–Kier alpha value is -1.33. The van der Waals surface area contributed by atoms with Crippen molar-refractivity contribution in [2.45, 2.75) is 26.8 Å². The maximum absolute atomic E-state index is 11.0. The third-order valence-electron chi connectivity index (χ3n) is 2.98. The molecule has 0 heterocycles. The third-order valence-corrected chi connectivity index (χ3v) is 3.22. The van der Waals surface area contributed by atoms with Gasteiger partial charge >= 0.3 is 0 Å². The fourth-order valence-electron chi connectivity index (χ4n) is 1.96. The predicted octanol–water partition coefficient (Wildman–Crippen LogP) is 3.39. The number of hydrogen-bond donors (Lipinski definition) is 1. The standard InChI is InChI=1S/C13H20ClN3O2/c1-4-16(5-2)9-10(3)15-12-7-6-11(14)8-13(12)17(18)19/h6-8,10,15H,4-5,9H2,1-3H3. The van der Waals surface area contributed by atoms with Gasteiger partial charge in [-0.1, -0.05) is 25.4 Å². The van der Waals surface area contributed by atoms with Crippen molar-refractivity contribution >= 4 is 23.0 Å². The van der Waals surface area contributed by atoms with E-state index in [1.807, 2.05) is 6.92 Å². The molecular weight excluding hydrogens is 266 g/mol. The summed E-state index contributed by atoms with van der Waals surface area (Å²) in [5.41, 5.74) is 0.521. The van der Waals surface area contributed by atoms with Gasteiger partial charge in [0.25, 0.3) is 5.69 Å².